The van der Waals surface area contributed by atoms with E-state index in [-0.39, 0.29) is 6.61 Å². The second kappa shape index (κ2) is 7.02. The SMILES string of the molecule is COc1cc(CN(CCO)C2CCC2)ccc1C(N)=S. The zero-order valence-corrected chi connectivity index (χ0v) is 12.7. The summed E-state index contributed by atoms with van der Waals surface area (Å²) in [4.78, 5) is 2.68. The number of thiocarbonyl (C=S) groups is 1. The van der Waals surface area contributed by atoms with Crippen LogP contribution in [0.3, 0.4) is 0 Å². The summed E-state index contributed by atoms with van der Waals surface area (Å²) in [5, 5.41) is 9.20. The van der Waals surface area contributed by atoms with Gasteiger partial charge >= 0.3 is 0 Å². The average molecular weight is 294 g/mol. The molecule has 5 heteroatoms. The lowest BCUT2D eigenvalue weighted by Crippen LogP contribution is -2.41. The summed E-state index contributed by atoms with van der Waals surface area (Å²) in [5.74, 6) is 0.715. The number of hydrogen-bond acceptors (Lipinski definition) is 4. The van der Waals surface area contributed by atoms with Gasteiger partial charge in [0.25, 0.3) is 0 Å². The van der Waals surface area contributed by atoms with Crippen molar-refractivity contribution in [3.63, 3.8) is 0 Å². The van der Waals surface area contributed by atoms with Crippen LogP contribution in [0.25, 0.3) is 0 Å². The highest BCUT2D eigenvalue weighted by atomic mass is 32.1. The maximum absolute atomic E-state index is 9.20. The maximum atomic E-state index is 9.20. The van der Waals surface area contributed by atoms with E-state index in [4.69, 9.17) is 22.7 Å². The number of nitrogens with two attached hydrogens (primary N) is 1. The van der Waals surface area contributed by atoms with E-state index in [1.165, 1.54) is 19.3 Å². The second-order valence-corrected chi connectivity index (χ2v) is 5.62. The van der Waals surface area contributed by atoms with Gasteiger partial charge in [0.15, 0.2) is 0 Å². The standard InChI is InChI=1S/C15H22N2O2S/c1-19-14-9-11(5-6-13(14)15(16)20)10-17(7-8-18)12-3-2-4-12/h5-6,9,12,18H,2-4,7-8,10H2,1H3,(H2,16,20). The smallest absolute Gasteiger partial charge is 0.129 e. The molecule has 0 aromatic heterocycles. The van der Waals surface area contributed by atoms with Gasteiger partial charge in [-0.2, -0.15) is 0 Å². The van der Waals surface area contributed by atoms with E-state index in [9.17, 15) is 5.11 Å². The van der Waals surface area contributed by atoms with Crippen molar-refractivity contribution in [1.82, 2.24) is 4.90 Å². The molecule has 0 saturated heterocycles. The number of methoxy groups -OCH3 is 1. The highest BCUT2D eigenvalue weighted by molar-refractivity contribution is 7.80. The number of nitrogens with zero attached hydrogens (tertiary/aromatic N) is 1. The Kier molecular flexibility index (Phi) is 5.34. The predicted molar refractivity (Wildman–Crippen MR) is 84.0 cm³/mol. The van der Waals surface area contributed by atoms with Crippen LogP contribution in [0, 0.1) is 0 Å². The average Bonchev–Trinajstić information content (AvgIpc) is 2.36. The third-order valence-electron chi connectivity index (χ3n) is 3.90. The van der Waals surface area contributed by atoms with Crippen LogP contribution in [0.1, 0.15) is 30.4 Å². The minimum absolute atomic E-state index is 0.193. The van der Waals surface area contributed by atoms with Gasteiger partial charge in [-0.1, -0.05) is 24.7 Å². The molecule has 0 unspecified atom stereocenters. The van der Waals surface area contributed by atoms with Crippen molar-refractivity contribution in [1.29, 1.82) is 0 Å². The predicted octanol–water partition coefficient (Wildman–Crippen LogP) is 1.68. The summed E-state index contributed by atoms with van der Waals surface area (Å²) < 4.78 is 5.35. The first-order chi connectivity index (χ1) is 9.65. The Morgan fingerprint density at radius 2 is 2.25 bits per heavy atom. The zero-order chi connectivity index (χ0) is 14.5. The number of aliphatic hydroxyl groups excluding tert-OH is 1. The molecule has 0 atom stereocenters. The molecule has 1 aromatic carbocycles. The number of aliphatic hydroxyl groups is 1. The van der Waals surface area contributed by atoms with E-state index in [1.807, 2.05) is 18.2 Å². The van der Waals surface area contributed by atoms with Crippen molar-refractivity contribution in [2.24, 2.45) is 5.73 Å². The number of rotatable bonds is 7. The molecule has 1 fully saturated rings. The molecular formula is C15H22N2O2S. The van der Waals surface area contributed by atoms with Crippen LogP contribution < -0.4 is 10.5 Å². The number of benzene rings is 1. The summed E-state index contributed by atoms with van der Waals surface area (Å²) in [6.45, 7) is 1.72. The molecule has 110 valence electrons. The van der Waals surface area contributed by atoms with Crippen molar-refractivity contribution in [2.45, 2.75) is 31.8 Å². The summed E-state index contributed by atoms with van der Waals surface area (Å²) in [6, 6.07) is 6.52. The van der Waals surface area contributed by atoms with E-state index >= 15 is 0 Å². The lowest BCUT2D eigenvalue weighted by atomic mass is 9.91. The third-order valence-corrected chi connectivity index (χ3v) is 4.12. The van der Waals surface area contributed by atoms with Gasteiger partial charge in [0.2, 0.25) is 0 Å². The molecule has 0 aliphatic heterocycles. The summed E-state index contributed by atoms with van der Waals surface area (Å²) >= 11 is 5.01. The summed E-state index contributed by atoms with van der Waals surface area (Å²) in [6.07, 6.45) is 3.74. The first kappa shape index (κ1) is 15.2. The minimum atomic E-state index is 0.193. The fraction of sp³-hybridized carbons (Fsp3) is 0.533. The Labute approximate surface area is 125 Å². The third kappa shape index (κ3) is 3.48. The van der Waals surface area contributed by atoms with Crippen LogP contribution in [0.5, 0.6) is 5.75 Å². The molecule has 20 heavy (non-hydrogen) atoms. The molecule has 1 aliphatic rings. The highest BCUT2D eigenvalue weighted by Gasteiger charge is 2.24. The van der Waals surface area contributed by atoms with Crippen molar-refractivity contribution < 1.29 is 9.84 Å². The Morgan fingerprint density at radius 1 is 1.50 bits per heavy atom. The second-order valence-electron chi connectivity index (χ2n) is 5.18. The Bertz CT molecular complexity index is 475. The van der Waals surface area contributed by atoms with Gasteiger partial charge in [-0.25, -0.2) is 0 Å². The quantitative estimate of drug-likeness (QED) is 0.749. The van der Waals surface area contributed by atoms with Crippen LogP contribution >= 0.6 is 12.2 Å². The molecule has 1 aromatic rings. The summed E-state index contributed by atoms with van der Waals surface area (Å²) in [7, 11) is 1.62. The van der Waals surface area contributed by atoms with Gasteiger partial charge in [0, 0.05) is 19.1 Å². The van der Waals surface area contributed by atoms with Crippen LogP contribution in [0.4, 0.5) is 0 Å². The number of ether oxygens (including phenoxy) is 1. The molecule has 0 spiro atoms. The van der Waals surface area contributed by atoms with E-state index in [0.717, 1.165) is 17.7 Å². The fourth-order valence-electron chi connectivity index (χ4n) is 2.54. The molecule has 2 rings (SSSR count). The Hall–Kier alpha value is -1.17. The lowest BCUT2D eigenvalue weighted by Gasteiger charge is -2.37. The lowest BCUT2D eigenvalue weighted by molar-refractivity contribution is 0.0945. The van der Waals surface area contributed by atoms with Crippen molar-refractivity contribution >= 4 is 17.2 Å². The van der Waals surface area contributed by atoms with Gasteiger partial charge in [-0.05, 0) is 30.5 Å². The molecule has 3 N–H and O–H groups in total. The van der Waals surface area contributed by atoms with E-state index < -0.39 is 0 Å². The van der Waals surface area contributed by atoms with Gasteiger partial charge < -0.3 is 15.6 Å². The number of hydrogen-bond donors (Lipinski definition) is 2. The summed E-state index contributed by atoms with van der Waals surface area (Å²) in [5.41, 5.74) is 7.60. The van der Waals surface area contributed by atoms with Crippen molar-refractivity contribution in [3.8, 4) is 5.75 Å². The molecule has 0 bridgehead atoms. The molecule has 0 radical (unpaired) electrons. The molecule has 1 saturated carbocycles. The largest absolute Gasteiger partial charge is 0.496 e. The van der Waals surface area contributed by atoms with Crippen LogP contribution in [-0.4, -0.2) is 41.3 Å². The fourth-order valence-corrected chi connectivity index (χ4v) is 2.71. The van der Waals surface area contributed by atoms with Crippen LogP contribution in [0.2, 0.25) is 0 Å². The van der Waals surface area contributed by atoms with E-state index in [1.54, 1.807) is 7.11 Å². The first-order valence-electron chi connectivity index (χ1n) is 6.97. The van der Waals surface area contributed by atoms with Crippen molar-refractivity contribution in [2.75, 3.05) is 20.3 Å². The Morgan fingerprint density at radius 3 is 2.75 bits per heavy atom. The minimum Gasteiger partial charge on any atom is -0.496 e. The monoisotopic (exact) mass is 294 g/mol. The van der Waals surface area contributed by atoms with Gasteiger partial charge in [0.05, 0.1) is 19.3 Å². The zero-order valence-electron chi connectivity index (χ0n) is 11.8. The molecule has 0 amide bonds. The topological polar surface area (TPSA) is 58.7 Å². The first-order valence-corrected chi connectivity index (χ1v) is 7.38. The van der Waals surface area contributed by atoms with Gasteiger partial charge in [-0.3, -0.25) is 4.90 Å². The van der Waals surface area contributed by atoms with E-state index in [2.05, 4.69) is 4.90 Å². The Balaban J connectivity index is 2.13. The van der Waals surface area contributed by atoms with Crippen LogP contribution in [-0.2, 0) is 6.54 Å². The normalized spacial score (nSPS) is 15.2. The van der Waals surface area contributed by atoms with Crippen molar-refractivity contribution in [3.05, 3.63) is 29.3 Å². The van der Waals surface area contributed by atoms with Gasteiger partial charge in [0.1, 0.15) is 10.7 Å². The molecule has 0 heterocycles. The van der Waals surface area contributed by atoms with Gasteiger partial charge in [-0.15, -0.1) is 0 Å². The molecule has 4 nitrogen and oxygen atoms in total. The van der Waals surface area contributed by atoms with E-state index in [0.29, 0.717) is 23.3 Å². The molecular weight excluding hydrogens is 272 g/mol. The molecule has 1 aliphatic carbocycles. The highest BCUT2D eigenvalue weighted by Crippen LogP contribution is 2.27. The van der Waals surface area contributed by atoms with Crippen LogP contribution in [0.15, 0.2) is 18.2 Å². The maximum Gasteiger partial charge on any atom is 0.129 e.